The van der Waals surface area contributed by atoms with E-state index in [0.717, 1.165) is 18.6 Å². The minimum Gasteiger partial charge on any atom is -0.311 e. The Labute approximate surface area is 124 Å². The number of piperazine rings is 1. The molecule has 0 aliphatic carbocycles. The number of benzene rings is 1. The maximum atomic E-state index is 13.8. The fourth-order valence-corrected chi connectivity index (χ4v) is 4.35. The van der Waals surface area contributed by atoms with Gasteiger partial charge in [0.2, 0.25) is 10.0 Å². The molecule has 0 saturated carbocycles. The van der Waals surface area contributed by atoms with Crippen LogP contribution in [-0.2, 0) is 10.0 Å². The molecule has 0 aromatic heterocycles. The van der Waals surface area contributed by atoms with Gasteiger partial charge in [-0.15, -0.1) is 0 Å². The number of rotatable bonds is 4. The Kier molecular flexibility index (Phi) is 4.95. The van der Waals surface area contributed by atoms with Crippen molar-refractivity contribution in [1.82, 2.24) is 9.62 Å². The quantitative estimate of drug-likeness (QED) is 0.925. The van der Waals surface area contributed by atoms with Crippen molar-refractivity contribution in [2.24, 2.45) is 0 Å². The highest BCUT2D eigenvalue weighted by Gasteiger charge is 2.36. The minimum atomic E-state index is -3.96. The Morgan fingerprint density at radius 2 is 2.00 bits per heavy atom. The predicted octanol–water partition coefficient (Wildman–Crippen LogP) is 2.12. The molecule has 21 heavy (non-hydrogen) atoms. The Hall–Kier alpha value is -1.05. The van der Waals surface area contributed by atoms with Crippen molar-refractivity contribution in [3.8, 4) is 0 Å². The van der Waals surface area contributed by atoms with E-state index in [4.69, 9.17) is 0 Å². The SMILES string of the molecule is CCC1CN(S(=O)(=O)c2ccc(F)cc2F)C(CC)CN1. The third-order valence-electron chi connectivity index (χ3n) is 3.89. The number of hydrogen-bond donors (Lipinski definition) is 1. The van der Waals surface area contributed by atoms with Gasteiger partial charge < -0.3 is 5.32 Å². The molecule has 1 aliphatic rings. The van der Waals surface area contributed by atoms with Gasteiger partial charge >= 0.3 is 0 Å². The van der Waals surface area contributed by atoms with Gasteiger partial charge in [-0.2, -0.15) is 4.31 Å². The van der Waals surface area contributed by atoms with Crippen molar-refractivity contribution in [3.63, 3.8) is 0 Å². The highest BCUT2D eigenvalue weighted by Crippen LogP contribution is 2.25. The summed E-state index contributed by atoms with van der Waals surface area (Å²) in [5.41, 5.74) is 0. The molecule has 1 heterocycles. The maximum absolute atomic E-state index is 13.8. The summed E-state index contributed by atoms with van der Waals surface area (Å²) in [7, 11) is -3.96. The molecular weight excluding hydrogens is 298 g/mol. The highest BCUT2D eigenvalue weighted by molar-refractivity contribution is 7.89. The van der Waals surface area contributed by atoms with E-state index in [2.05, 4.69) is 5.32 Å². The van der Waals surface area contributed by atoms with Crippen LogP contribution in [0.25, 0.3) is 0 Å². The lowest BCUT2D eigenvalue weighted by molar-refractivity contribution is 0.215. The van der Waals surface area contributed by atoms with Crippen LogP contribution in [0.4, 0.5) is 8.78 Å². The lowest BCUT2D eigenvalue weighted by Crippen LogP contribution is -2.57. The van der Waals surface area contributed by atoms with Gasteiger partial charge in [-0.25, -0.2) is 17.2 Å². The molecule has 1 saturated heterocycles. The van der Waals surface area contributed by atoms with Gasteiger partial charge in [0.1, 0.15) is 16.5 Å². The summed E-state index contributed by atoms with van der Waals surface area (Å²) in [6, 6.07) is 2.40. The first-order chi connectivity index (χ1) is 9.90. The fourth-order valence-electron chi connectivity index (χ4n) is 2.56. The molecule has 1 fully saturated rings. The molecule has 4 nitrogen and oxygen atoms in total. The molecule has 0 amide bonds. The van der Waals surface area contributed by atoms with Crippen LogP contribution in [0, 0.1) is 11.6 Å². The highest BCUT2D eigenvalue weighted by atomic mass is 32.2. The zero-order valence-electron chi connectivity index (χ0n) is 12.1. The fraction of sp³-hybridized carbons (Fsp3) is 0.571. The zero-order valence-corrected chi connectivity index (χ0v) is 13.0. The molecule has 0 radical (unpaired) electrons. The standard InChI is InChI=1S/C14H20F2N2O2S/c1-3-11-9-18(12(4-2)8-17-11)21(19,20)14-6-5-10(15)7-13(14)16/h5-7,11-12,17H,3-4,8-9H2,1-2H3. The van der Waals surface area contributed by atoms with Crippen LogP contribution < -0.4 is 5.32 Å². The van der Waals surface area contributed by atoms with Crippen LogP contribution in [0.1, 0.15) is 26.7 Å². The summed E-state index contributed by atoms with van der Waals surface area (Å²) in [4.78, 5) is -0.459. The van der Waals surface area contributed by atoms with Gasteiger partial charge in [0.15, 0.2) is 0 Å². The van der Waals surface area contributed by atoms with E-state index in [1.165, 1.54) is 4.31 Å². The van der Waals surface area contributed by atoms with Crippen LogP contribution >= 0.6 is 0 Å². The predicted molar refractivity (Wildman–Crippen MR) is 76.4 cm³/mol. The molecule has 1 N–H and O–H groups in total. The van der Waals surface area contributed by atoms with Gasteiger partial charge in [0, 0.05) is 31.2 Å². The van der Waals surface area contributed by atoms with Crippen molar-refractivity contribution in [2.45, 2.75) is 43.7 Å². The Morgan fingerprint density at radius 1 is 1.29 bits per heavy atom. The van der Waals surface area contributed by atoms with Crippen LogP contribution in [0.5, 0.6) is 0 Å². The smallest absolute Gasteiger partial charge is 0.246 e. The monoisotopic (exact) mass is 318 g/mol. The molecule has 7 heteroatoms. The molecule has 118 valence electrons. The molecule has 2 rings (SSSR count). The van der Waals surface area contributed by atoms with E-state index in [-0.39, 0.29) is 12.1 Å². The van der Waals surface area contributed by atoms with E-state index in [1.807, 2.05) is 13.8 Å². The molecule has 1 aromatic carbocycles. The normalized spacial score (nSPS) is 24.2. The van der Waals surface area contributed by atoms with E-state index in [9.17, 15) is 17.2 Å². The Balaban J connectivity index is 2.40. The summed E-state index contributed by atoms with van der Waals surface area (Å²) in [6.45, 7) is 4.70. The average Bonchev–Trinajstić information content (AvgIpc) is 2.46. The number of sulfonamides is 1. The second-order valence-electron chi connectivity index (χ2n) is 5.22. The largest absolute Gasteiger partial charge is 0.311 e. The summed E-state index contributed by atoms with van der Waals surface area (Å²) < 4.78 is 53.5. The number of halogens is 2. The first-order valence-electron chi connectivity index (χ1n) is 7.10. The van der Waals surface area contributed by atoms with Gasteiger partial charge in [-0.1, -0.05) is 13.8 Å². The lowest BCUT2D eigenvalue weighted by Gasteiger charge is -2.38. The van der Waals surface area contributed by atoms with Crippen LogP contribution in [-0.4, -0.2) is 37.9 Å². The molecule has 0 spiro atoms. The molecule has 2 atom stereocenters. The van der Waals surface area contributed by atoms with Gasteiger partial charge in [-0.05, 0) is 25.0 Å². The van der Waals surface area contributed by atoms with Gasteiger partial charge in [-0.3, -0.25) is 0 Å². The number of nitrogens with zero attached hydrogens (tertiary/aromatic N) is 1. The zero-order chi connectivity index (χ0) is 15.6. The van der Waals surface area contributed by atoms with Crippen LogP contribution in [0.3, 0.4) is 0 Å². The second-order valence-corrected chi connectivity index (χ2v) is 7.08. The third kappa shape index (κ3) is 3.25. The van der Waals surface area contributed by atoms with Crippen molar-refractivity contribution in [2.75, 3.05) is 13.1 Å². The number of hydrogen-bond acceptors (Lipinski definition) is 3. The van der Waals surface area contributed by atoms with Gasteiger partial charge in [0.05, 0.1) is 0 Å². The van der Waals surface area contributed by atoms with Gasteiger partial charge in [0.25, 0.3) is 0 Å². The third-order valence-corrected chi connectivity index (χ3v) is 5.85. The van der Waals surface area contributed by atoms with E-state index in [1.54, 1.807) is 0 Å². The molecule has 0 bridgehead atoms. The second kappa shape index (κ2) is 6.37. The number of nitrogens with one attached hydrogen (secondary N) is 1. The van der Waals surface area contributed by atoms with Crippen molar-refractivity contribution < 1.29 is 17.2 Å². The summed E-state index contributed by atoms with van der Waals surface area (Å²) in [5, 5.41) is 3.29. The molecular formula is C14H20F2N2O2S. The average molecular weight is 318 g/mol. The molecule has 1 aromatic rings. The Bertz CT molecular complexity index is 607. The molecule has 2 unspecified atom stereocenters. The first-order valence-corrected chi connectivity index (χ1v) is 8.54. The minimum absolute atomic E-state index is 0.0473. The van der Waals surface area contributed by atoms with E-state index < -0.39 is 26.6 Å². The summed E-state index contributed by atoms with van der Waals surface area (Å²) in [5.74, 6) is -1.83. The Morgan fingerprint density at radius 3 is 2.57 bits per heavy atom. The summed E-state index contributed by atoms with van der Waals surface area (Å²) in [6.07, 6.45) is 1.42. The maximum Gasteiger partial charge on any atom is 0.246 e. The van der Waals surface area contributed by atoms with Crippen molar-refractivity contribution in [1.29, 1.82) is 0 Å². The van der Waals surface area contributed by atoms with Crippen LogP contribution in [0.2, 0.25) is 0 Å². The van der Waals surface area contributed by atoms with Crippen molar-refractivity contribution in [3.05, 3.63) is 29.8 Å². The molecule has 1 aliphatic heterocycles. The van der Waals surface area contributed by atoms with E-state index >= 15 is 0 Å². The van der Waals surface area contributed by atoms with Crippen molar-refractivity contribution >= 4 is 10.0 Å². The van der Waals surface area contributed by atoms with E-state index in [0.29, 0.717) is 25.6 Å². The first kappa shape index (κ1) is 16.3. The summed E-state index contributed by atoms with van der Waals surface area (Å²) >= 11 is 0. The topological polar surface area (TPSA) is 49.4 Å². The lowest BCUT2D eigenvalue weighted by atomic mass is 10.1. The van der Waals surface area contributed by atoms with Crippen LogP contribution in [0.15, 0.2) is 23.1 Å².